The van der Waals surface area contributed by atoms with Gasteiger partial charge in [0.25, 0.3) is 0 Å². The van der Waals surface area contributed by atoms with Crippen LogP contribution in [-0.4, -0.2) is 53.3 Å². The molecule has 0 saturated heterocycles. The number of hydrogen-bond donors (Lipinski definition) is 1. The fourth-order valence-corrected chi connectivity index (χ4v) is 3.15. The fraction of sp³-hybridized carbons (Fsp3) is 0.444. The normalized spacial score (nSPS) is 14.1. The summed E-state index contributed by atoms with van der Waals surface area (Å²) >= 11 is 0.278. The van der Waals surface area contributed by atoms with Crippen molar-refractivity contribution in [3.8, 4) is 17.0 Å². The van der Waals surface area contributed by atoms with Crippen molar-refractivity contribution >= 4 is 22.4 Å². The highest BCUT2D eigenvalue weighted by molar-refractivity contribution is 7.14. The van der Waals surface area contributed by atoms with Crippen molar-refractivity contribution in [2.75, 3.05) is 11.9 Å². The molecule has 0 atom stereocenters. The van der Waals surface area contributed by atoms with Gasteiger partial charge in [0.1, 0.15) is 5.75 Å². The number of amides is 1. The lowest BCUT2D eigenvalue weighted by molar-refractivity contribution is -0.435. The minimum absolute atomic E-state index is 0.0740. The predicted molar refractivity (Wildman–Crippen MR) is 98.1 cm³/mol. The third-order valence-electron chi connectivity index (χ3n) is 4.40. The topological polar surface area (TPSA) is 51.2 Å². The molecule has 0 aliphatic carbocycles. The van der Waals surface area contributed by atoms with E-state index >= 15 is 0 Å². The summed E-state index contributed by atoms with van der Waals surface area (Å²) in [7, 11) is 0. The summed E-state index contributed by atoms with van der Waals surface area (Å²) in [5.41, 5.74) is 0.183. The van der Waals surface area contributed by atoms with Gasteiger partial charge in [-0.3, -0.25) is 10.1 Å². The van der Waals surface area contributed by atoms with E-state index in [1.54, 1.807) is 6.92 Å². The standard InChI is InChI=1S/C18H11F13N2O2S/c1-2-35-9-5-3-8(4-6-9)10-7-36-12(32-10)33-11(34)13(19,20)14(21,22)15(23,24)16(25,26)17(27,28)18(29,30)31/h3-7H,2H2,1H3,(H,32,33,34). The molecule has 0 saturated carbocycles. The van der Waals surface area contributed by atoms with Crippen molar-refractivity contribution in [3.63, 3.8) is 0 Å². The highest BCUT2D eigenvalue weighted by Gasteiger charge is 2.91. The lowest BCUT2D eigenvalue weighted by Gasteiger charge is -2.39. The summed E-state index contributed by atoms with van der Waals surface area (Å²) in [6, 6.07) is 5.64. The summed E-state index contributed by atoms with van der Waals surface area (Å²) in [6.45, 7) is 1.99. The third-order valence-corrected chi connectivity index (χ3v) is 5.16. The Morgan fingerprint density at radius 3 is 1.81 bits per heavy atom. The average molecular weight is 566 g/mol. The Morgan fingerprint density at radius 1 is 0.833 bits per heavy atom. The van der Waals surface area contributed by atoms with E-state index in [4.69, 9.17) is 4.74 Å². The molecule has 0 bridgehead atoms. The zero-order chi connectivity index (χ0) is 28.0. The van der Waals surface area contributed by atoms with Crippen molar-refractivity contribution in [2.45, 2.75) is 42.7 Å². The first-order chi connectivity index (χ1) is 16.1. The molecule has 1 N–H and O–H groups in total. The van der Waals surface area contributed by atoms with Crippen LogP contribution in [0.3, 0.4) is 0 Å². The van der Waals surface area contributed by atoms with E-state index in [1.807, 2.05) is 0 Å². The number of alkyl halides is 13. The van der Waals surface area contributed by atoms with Gasteiger partial charge in [0.05, 0.1) is 12.3 Å². The fourth-order valence-electron chi connectivity index (χ4n) is 2.44. The second kappa shape index (κ2) is 9.26. The molecule has 4 nitrogen and oxygen atoms in total. The molecule has 1 aromatic heterocycles. The van der Waals surface area contributed by atoms with Crippen LogP contribution in [0.25, 0.3) is 11.3 Å². The second-order valence-electron chi connectivity index (χ2n) is 6.82. The molecule has 2 rings (SSSR count). The number of nitrogens with one attached hydrogen (secondary N) is 1. The molecule has 36 heavy (non-hydrogen) atoms. The van der Waals surface area contributed by atoms with Gasteiger partial charge in [-0.05, 0) is 31.2 Å². The first kappa shape index (κ1) is 29.4. The molecule has 0 radical (unpaired) electrons. The highest BCUT2D eigenvalue weighted by Crippen LogP contribution is 2.60. The molecule has 1 heterocycles. The van der Waals surface area contributed by atoms with Crippen LogP contribution >= 0.6 is 11.3 Å². The SMILES string of the molecule is CCOc1ccc(-c2csc(NC(=O)C(F)(F)C(F)(F)C(F)(F)C(F)(F)C(F)(F)C(F)(F)F)n2)cc1. The molecular weight excluding hydrogens is 555 g/mol. The lowest BCUT2D eigenvalue weighted by atomic mass is 9.93. The Labute approximate surface area is 196 Å². The summed E-state index contributed by atoms with van der Waals surface area (Å²) in [4.78, 5) is 15.1. The van der Waals surface area contributed by atoms with Crippen LogP contribution in [0.1, 0.15) is 6.92 Å². The molecule has 1 amide bonds. The lowest BCUT2D eigenvalue weighted by Crippen LogP contribution is -2.71. The maximum Gasteiger partial charge on any atom is 0.460 e. The number of rotatable bonds is 9. The zero-order valence-electron chi connectivity index (χ0n) is 17.2. The van der Waals surface area contributed by atoms with Crippen molar-refractivity contribution in [1.29, 1.82) is 0 Å². The van der Waals surface area contributed by atoms with Crippen LogP contribution in [0, 0.1) is 0 Å². The van der Waals surface area contributed by atoms with Gasteiger partial charge in [-0.1, -0.05) is 0 Å². The van der Waals surface area contributed by atoms with Gasteiger partial charge < -0.3 is 4.74 Å². The van der Waals surface area contributed by atoms with Crippen LogP contribution in [0.2, 0.25) is 0 Å². The Morgan fingerprint density at radius 2 is 1.33 bits per heavy atom. The summed E-state index contributed by atoms with van der Waals surface area (Å²) < 4.78 is 176. The van der Waals surface area contributed by atoms with Gasteiger partial charge in [0.15, 0.2) is 5.13 Å². The largest absolute Gasteiger partial charge is 0.494 e. The van der Waals surface area contributed by atoms with E-state index < -0.39 is 46.8 Å². The molecular formula is C18H11F13N2O2S. The Kier molecular flexibility index (Phi) is 7.57. The molecule has 0 fully saturated rings. The molecule has 202 valence electrons. The highest BCUT2D eigenvalue weighted by atomic mass is 32.1. The van der Waals surface area contributed by atoms with Crippen LogP contribution in [0.4, 0.5) is 62.2 Å². The third kappa shape index (κ3) is 4.66. The van der Waals surface area contributed by atoms with Gasteiger partial charge in [-0.15, -0.1) is 11.3 Å². The van der Waals surface area contributed by atoms with Gasteiger partial charge >= 0.3 is 41.7 Å². The number of carbonyl (C=O) groups is 1. The van der Waals surface area contributed by atoms with Crippen LogP contribution in [-0.2, 0) is 4.79 Å². The van der Waals surface area contributed by atoms with E-state index in [1.165, 1.54) is 24.3 Å². The average Bonchev–Trinajstić information content (AvgIpc) is 3.21. The Bertz CT molecular complexity index is 1080. The van der Waals surface area contributed by atoms with E-state index in [0.717, 1.165) is 10.7 Å². The smallest absolute Gasteiger partial charge is 0.460 e. The number of halogens is 13. The van der Waals surface area contributed by atoms with E-state index in [-0.39, 0.29) is 22.6 Å². The first-order valence-corrected chi connectivity index (χ1v) is 9.99. The molecule has 1 aromatic carbocycles. The molecule has 0 aliphatic rings. The number of benzene rings is 1. The second-order valence-corrected chi connectivity index (χ2v) is 7.68. The molecule has 0 aliphatic heterocycles. The minimum Gasteiger partial charge on any atom is -0.494 e. The van der Waals surface area contributed by atoms with Crippen molar-refractivity contribution in [1.82, 2.24) is 4.98 Å². The maximum atomic E-state index is 13.9. The minimum atomic E-state index is -8.09. The predicted octanol–water partition coefficient (Wildman–Crippen LogP) is 6.89. The molecule has 18 heteroatoms. The number of carbonyl (C=O) groups excluding carboxylic acids is 1. The van der Waals surface area contributed by atoms with E-state index in [9.17, 15) is 61.9 Å². The molecule has 2 aromatic rings. The number of ether oxygens (including phenoxy) is 1. The number of aromatic nitrogens is 1. The van der Waals surface area contributed by atoms with Crippen LogP contribution in [0.15, 0.2) is 29.6 Å². The quantitative estimate of drug-likeness (QED) is 0.337. The number of anilines is 1. The van der Waals surface area contributed by atoms with Crippen LogP contribution < -0.4 is 10.1 Å². The van der Waals surface area contributed by atoms with E-state index in [2.05, 4.69) is 4.98 Å². The van der Waals surface area contributed by atoms with Crippen LogP contribution in [0.5, 0.6) is 5.75 Å². The van der Waals surface area contributed by atoms with Crippen molar-refractivity contribution in [2.24, 2.45) is 0 Å². The van der Waals surface area contributed by atoms with Gasteiger partial charge in [0.2, 0.25) is 0 Å². The molecule has 0 spiro atoms. The summed E-state index contributed by atoms with van der Waals surface area (Å²) in [5.74, 6) is -41.7. The van der Waals surface area contributed by atoms with Crippen molar-refractivity contribution < 1.29 is 66.6 Å². The van der Waals surface area contributed by atoms with E-state index in [0.29, 0.717) is 12.4 Å². The number of nitrogens with zero attached hydrogens (tertiary/aromatic N) is 1. The van der Waals surface area contributed by atoms with Gasteiger partial charge in [0, 0.05) is 10.9 Å². The Hall–Kier alpha value is -2.79. The first-order valence-electron chi connectivity index (χ1n) is 9.11. The number of hydrogen-bond acceptors (Lipinski definition) is 4. The van der Waals surface area contributed by atoms with Crippen molar-refractivity contribution in [3.05, 3.63) is 29.6 Å². The Balaban J connectivity index is 2.32. The maximum absolute atomic E-state index is 13.9. The van der Waals surface area contributed by atoms with Gasteiger partial charge in [-0.2, -0.15) is 57.1 Å². The molecule has 0 unspecified atom stereocenters. The monoisotopic (exact) mass is 566 g/mol. The zero-order valence-corrected chi connectivity index (χ0v) is 18.0. The summed E-state index contributed by atoms with van der Waals surface area (Å²) in [5, 5.41) is 1.04. The van der Waals surface area contributed by atoms with Gasteiger partial charge in [-0.25, -0.2) is 4.98 Å². The number of thiazole rings is 1. The summed E-state index contributed by atoms with van der Waals surface area (Å²) in [6.07, 6.45) is -7.54.